The maximum absolute atomic E-state index is 11.5. The molecular weight excluding hydrogens is 242 g/mol. The van der Waals surface area contributed by atoms with E-state index in [1.807, 2.05) is 14.1 Å². The molecule has 2 rings (SSSR count). The van der Waals surface area contributed by atoms with Gasteiger partial charge in [-0.25, -0.2) is 9.97 Å². The van der Waals surface area contributed by atoms with Crippen LogP contribution in [0.4, 0.5) is 11.6 Å². The van der Waals surface area contributed by atoms with Crippen molar-refractivity contribution in [1.82, 2.24) is 14.9 Å². The van der Waals surface area contributed by atoms with Crippen LogP contribution in [0.5, 0.6) is 0 Å². The van der Waals surface area contributed by atoms with Crippen LogP contribution < -0.4 is 10.6 Å². The number of likely N-dealkylation sites (tertiary alicyclic amines) is 1. The smallest absolute Gasteiger partial charge is 0.222 e. The Kier molecular flexibility index (Phi) is 4.19. The molecule has 1 amide bonds. The third kappa shape index (κ3) is 2.94. The van der Waals surface area contributed by atoms with Crippen molar-refractivity contribution in [3.8, 4) is 0 Å². The molecule has 1 aromatic rings. The van der Waals surface area contributed by atoms with E-state index in [2.05, 4.69) is 27.5 Å². The molecule has 1 saturated heterocycles. The number of nitrogens with zero attached hydrogens (tertiary/aromatic N) is 3. The first-order valence-electron chi connectivity index (χ1n) is 6.67. The predicted octanol–water partition coefficient (Wildman–Crippen LogP) is 1.11. The molecule has 0 radical (unpaired) electrons. The summed E-state index contributed by atoms with van der Waals surface area (Å²) in [6, 6.07) is 0.257. The number of likely N-dealkylation sites (N-methyl/N-ethyl adjacent to an activating group) is 1. The summed E-state index contributed by atoms with van der Waals surface area (Å²) in [7, 11) is 3.70. The normalized spacial score (nSPS) is 19.4. The topological polar surface area (TPSA) is 70.1 Å². The van der Waals surface area contributed by atoms with Crippen molar-refractivity contribution < 1.29 is 4.79 Å². The number of piperidine rings is 1. The van der Waals surface area contributed by atoms with Gasteiger partial charge in [0.2, 0.25) is 5.91 Å². The van der Waals surface area contributed by atoms with Crippen molar-refractivity contribution in [3.63, 3.8) is 0 Å². The van der Waals surface area contributed by atoms with E-state index in [0.717, 1.165) is 36.6 Å². The van der Waals surface area contributed by atoms with Gasteiger partial charge in [0, 0.05) is 38.7 Å². The van der Waals surface area contributed by atoms with Crippen molar-refractivity contribution in [2.24, 2.45) is 0 Å². The molecule has 104 valence electrons. The highest BCUT2D eigenvalue weighted by molar-refractivity contribution is 5.77. The van der Waals surface area contributed by atoms with Crippen molar-refractivity contribution in [2.75, 3.05) is 31.3 Å². The molecule has 1 fully saturated rings. The highest BCUT2D eigenvalue weighted by atomic mass is 16.2. The Labute approximate surface area is 113 Å². The number of rotatable bonds is 4. The Morgan fingerprint density at radius 3 is 2.79 bits per heavy atom. The number of carbonyl (C=O) groups excluding carboxylic acids is 1. The maximum atomic E-state index is 11.5. The summed E-state index contributed by atoms with van der Waals surface area (Å²) in [5, 5.41) is 6.53. The Morgan fingerprint density at radius 1 is 1.42 bits per heavy atom. The number of anilines is 2. The molecule has 2 heterocycles. The molecule has 1 aromatic heterocycles. The molecule has 1 aliphatic heterocycles. The van der Waals surface area contributed by atoms with E-state index in [1.165, 1.54) is 0 Å². The SMILES string of the molecule is CCc1c(NC)ncnc1NC1CCC(=O)N(C)C1. The molecule has 0 aliphatic carbocycles. The van der Waals surface area contributed by atoms with Crippen LogP contribution in [-0.2, 0) is 11.2 Å². The molecule has 19 heavy (non-hydrogen) atoms. The maximum Gasteiger partial charge on any atom is 0.222 e. The molecule has 1 unspecified atom stereocenters. The van der Waals surface area contributed by atoms with Gasteiger partial charge in [-0.3, -0.25) is 4.79 Å². The number of amides is 1. The van der Waals surface area contributed by atoms with Crippen LogP contribution >= 0.6 is 0 Å². The van der Waals surface area contributed by atoms with E-state index < -0.39 is 0 Å². The average molecular weight is 263 g/mol. The third-order valence-electron chi connectivity index (χ3n) is 3.50. The van der Waals surface area contributed by atoms with E-state index in [4.69, 9.17) is 0 Å². The van der Waals surface area contributed by atoms with Crippen LogP contribution in [0.2, 0.25) is 0 Å². The molecular formula is C13H21N5O. The summed E-state index contributed by atoms with van der Waals surface area (Å²) in [5.41, 5.74) is 1.09. The van der Waals surface area contributed by atoms with Crippen LogP contribution in [0.3, 0.4) is 0 Å². The van der Waals surface area contributed by atoms with Crippen LogP contribution in [0.15, 0.2) is 6.33 Å². The van der Waals surface area contributed by atoms with Crippen LogP contribution in [-0.4, -0.2) is 47.5 Å². The zero-order valence-corrected chi connectivity index (χ0v) is 11.7. The van der Waals surface area contributed by atoms with Gasteiger partial charge in [0.15, 0.2) is 0 Å². The van der Waals surface area contributed by atoms with Crippen molar-refractivity contribution >= 4 is 17.5 Å². The van der Waals surface area contributed by atoms with Crippen LogP contribution in [0.25, 0.3) is 0 Å². The van der Waals surface area contributed by atoms with Crippen molar-refractivity contribution in [1.29, 1.82) is 0 Å². The molecule has 1 atom stereocenters. The zero-order chi connectivity index (χ0) is 13.8. The van der Waals surface area contributed by atoms with E-state index in [9.17, 15) is 4.79 Å². The zero-order valence-electron chi connectivity index (χ0n) is 11.7. The number of carbonyl (C=O) groups is 1. The molecule has 0 aromatic carbocycles. The minimum absolute atomic E-state index is 0.215. The van der Waals surface area contributed by atoms with Gasteiger partial charge in [0.25, 0.3) is 0 Å². The molecule has 6 nitrogen and oxygen atoms in total. The Hall–Kier alpha value is -1.85. The second-order valence-corrected chi connectivity index (χ2v) is 4.81. The molecule has 0 bridgehead atoms. The lowest BCUT2D eigenvalue weighted by Gasteiger charge is -2.31. The quantitative estimate of drug-likeness (QED) is 0.851. The fraction of sp³-hybridized carbons (Fsp3) is 0.615. The number of hydrogen-bond donors (Lipinski definition) is 2. The van der Waals surface area contributed by atoms with Crippen LogP contribution in [0, 0.1) is 0 Å². The largest absolute Gasteiger partial charge is 0.373 e. The summed E-state index contributed by atoms with van der Waals surface area (Å²) < 4.78 is 0. The Balaban J connectivity index is 2.13. The lowest BCUT2D eigenvalue weighted by atomic mass is 10.1. The second kappa shape index (κ2) is 5.86. The molecule has 1 aliphatic rings. The van der Waals surface area contributed by atoms with Crippen LogP contribution in [0.1, 0.15) is 25.3 Å². The van der Waals surface area contributed by atoms with Gasteiger partial charge in [-0.1, -0.05) is 6.92 Å². The van der Waals surface area contributed by atoms with Gasteiger partial charge in [-0.15, -0.1) is 0 Å². The van der Waals surface area contributed by atoms with Gasteiger partial charge in [-0.05, 0) is 12.8 Å². The molecule has 2 N–H and O–H groups in total. The van der Waals surface area contributed by atoms with E-state index >= 15 is 0 Å². The fourth-order valence-electron chi connectivity index (χ4n) is 2.41. The number of hydrogen-bond acceptors (Lipinski definition) is 5. The van der Waals surface area contributed by atoms with Gasteiger partial charge < -0.3 is 15.5 Å². The van der Waals surface area contributed by atoms with Gasteiger partial charge in [-0.2, -0.15) is 0 Å². The average Bonchev–Trinajstić information content (AvgIpc) is 2.42. The van der Waals surface area contributed by atoms with Gasteiger partial charge in [0.1, 0.15) is 18.0 Å². The monoisotopic (exact) mass is 263 g/mol. The fourth-order valence-corrected chi connectivity index (χ4v) is 2.41. The first-order valence-corrected chi connectivity index (χ1v) is 6.67. The van der Waals surface area contributed by atoms with Crippen molar-refractivity contribution in [2.45, 2.75) is 32.2 Å². The number of aromatic nitrogens is 2. The lowest BCUT2D eigenvalue weighted by Crippen LogP contribution is -2.43. The summed E-state index contributed by atoms with van der Waals surface area (Å²) in [6.07, 6.45) is 3.87. The first kappa shape index (κ1) is 13.6. The van der Waals surface area contributed by atoms with E-state index in [1.54, 1.807) is 11.2 Å². The van der Waals surface area contributed by atoms with Crippen molar-refractivity contribution in [3.05, 3.63) is 11.9 Å². The lowest BCUT2D eigenvalue weighted by molar-refractivity contribution is -0.132. The van der Waals surface area contributed by atoms with E-state index in [0.29, 0.717) is 6.42 Å². The minimum atomic E-state index is 0.215. The summed E-state index contributed by atoms with van der Waals surface area (Å²) >= 11 is 0. The Bertz CT molecular complexity index is 462. The van der Waals surface area contributed by atoms with Gasteiger partial charge in [0.05, 0.1) is 0 Å². The molecule has 6 heteroatoms. The third-order valence-corrected chi connectivity index (χ3v) is 3.50. The second-order valence-electron chi connectivity index (χ2n) is 4.81. The summed E-state index contributed by atoms with van der Waals surface area (Å²) in [5.74, 6) is 1.95. The highest BCUT2D eigenvalue weighted by Gasteiger charge is 2.23. The molecule has 0 spiro atoms. The minimum Gasteiger partial charge on any atom is -0.373 e. The summed E-state index contributed by atoms with van der Waals surface area (Å²) in [6.45, 7) is 2.81. The Morgan fingerprint density at radius 2 is 2.16 bits per heavy atom. The van der Waals surface area contributed by atoms with Gasteiger partial charge >= 0.3 is 0 Å². The standard InChI is InChI=1S/C13H21N5O/c1-4-10-12(14-2)15-8-16-13(10)17-9-5-6-11(19)18(3)7-9/h8-9H,4-7H2,1-3H3,(H2,14,15,16,17). The first-order chi connectivity index (χ1) is 9.15. The molecule has 0 saturated carbocycles. The predicted molar refractivity (Wildman–Crippen MR) is 75.2 cm³/mol. The summed E-state index contributed by atoms with van der Waals surface area (Å²) in [4.78, 5) is 21.8. The highest BCUT2D eigenvalue weighted by Crippen LogP contribution is 2.22. The van der Waals surface area contributed by atoms with E-state index in [-0.39, 0.29) is 11.9 Å². The number of nitrogens with one attached hydrogen (secondary N) is 2.